The van der Waals surface area contributed by atoms with Gasteiger partial charge in [-0.15, -0.1) is 0 Å². The van der Waals surface area contributed by atoms with E-state index in [1.54, 1.807) is 18.2 Å². The van der Waals surface area contributed by atoms with Crippen LogP contribution in [0.25, 0.3) is 0 Å². The molecule has 0 atom stereocenters. The molecule has 2 aromatic carbocycles. The first-order valence-corrected chi connectivity index (χ1v) is 6.72. The highest BCUT2D eigenvalue weighted by Crippen LogP contribution is 2.13. The number of benzene rings is 2. The number of hydrogen-bond donors (Lipinski definition) is 1. The number of hydrogen-bond acceptors (Lipinski definition) is 3. The molecule has 0 bridgehead atoms. The van der Waals surface area contributed by atoms with Crippen LogP contribution in [0.15, 0.2) is 54.6 Å². The number of para-hydroxylation sites is 1. The van der Waals surface area contributed by atoms with Crippen LogP contribution in [0.5, 0.6) is 5.75 Å². The summed E-state index contributed by atoms with van der Waals surface area (Å²) < 4.78 is 5.50. The van der Waals surface area contributed by atoms with Gasteiger partial charge in [-0.3, -0.25) is 4.79 Å². The van der Waals surface area contributed by atoms with Crippen LogP contribution < -0.4 is 4.74 Å². The summed E-state index contributed by atoms with van der Waals surface area (Å²) in [5, 5.41) is 9.06. The first kappa shape index (κ1) is 14.8. The molecule has 4 nitrogen and oxygen atoms in total. The second-order valence-corrected chi connectivity index (χ2v) is 4.54. The molecule has 0 unspecified atom stereocenters. The Labute approximate surface area is 123 Å². The Balaban J connectivity index is 1.86. The Morgan fingerprint density at radius 2 is 1.52 bits per heavy atom. The van der Waals surface area contributed by atoms with E-state index in [1.165, 1.54) is 6.07 Å². The minimum absolute atomic E-state index is 0.0477. The van der Waals surface area contributed by atoms with Crippen LogP contribution in [0.2, 0.25) is 0 Å². The number of carbonyl (C=O) groups excluding carboxylic acids is 1. The van der Waals surface area contributed by atoms with Crippen LogP contribution in [-0.4, -0.2) is 23.5 Å². The third kappa shape index (κ3) is 4.18. The Kier molecular flexibility index (Phi) is 5.10. The van der Waals surface area contributed by atoms with Gasteiger partial charge in [0.2, 0.25) is 0 Å². The van der Waals surface area contributed by atoms with Crippen molar-refractivity contribution in [2.24, 2.45) is 0 Å². The molecular weight excluding hydrogens is 268 g/mol. The van der Waals surface area contributed by atoms with Crippen LogP contribution in [0.1, 0.15) is 33.6 Å². The molecule has 2 aromatic rings. The van der Waals surface area contributed by atoms with Crippen molar-refractivity contribution >= 4 is 11.8 Å². The van der Waals surface area contributed by atoms with E-state index < -0.39 is 5.97 Å². The fourth-order valence-electron chi connectivity index (χ4n) is 1.99. The number of rotatable bonds is 7. The van der Waals surface area contributed by atoms with Crippen molar-refractivity contribution in [2.75, 3.05) is 6.61 Å². The summed E-state index contributed by atoms with van der Waals surface area (Å²) in [6.45, 7) is 0.422. The largest absolute Gasteiger partial charge is 0.494 e. The lowest BCUT2D eigenvalue weighted by molar-refractivity contribution is 0.0691. The first-order chi connectivity index (χ1) is 10.2. The fraction of sp³-hybridized carbons (Fsp3) is 0.176. The molecule has 0 amide bonds. The topological polar surface area (TPSA) is 63.6 Å². The second-order valence-electron chi connectivity index (χ2n) is 4.54. The average Bonchev–Trinajstić information content (AvgIpc) is 2.52. The van der Waals surface area contributed by atoms with Gasteiger partial charge in [0.05, 0.1) is 12.2 Å². The van der Waals surface area contributed by atoms with Gasteiger partial charge in [0.1, 0.15) is 5.75 Å². The molecular formula is C17H16O4. The second kappa shape index (κ2) is 7.24. The van der Waals surface area contributed by atoms with Crippen molar-refractivity contribution in [1.29, 1.82) is 0 Å². The molecule has 2 rings (SSSR count). The highest BCUT2D eigenvalue weighted by molar-refractivity contribution is 6.05. The molecule has 0 aliphatic carbocycles. The summed E-state index contributed by atoms with van der Waals surface area (Å²) >= 11 is 0. The lowest BCUT2D eigenvalue weighted by atomic mass is 10.0. The highest BCUT2D eigenvalue weighted by Gasteiger charge is 2.15. The van der Waals surface area contributed by atoms with Gasteiger partial charge in [-0.1, -0.05) is 36.4 Å². The normalized spacial score (nSPS) is 10.1. The van der Waals surface area contributed by atoms with Crippen LogP contribution in [0.4, 0.5) is 0 Å². The van der Waals surface area contributed by atoms with Gasteiger partial charge in [-0.25, -0.2) is 4.79 Å². The number of carbonyl (C=O) groups is 2. The average molecular weight is 284 g/mol. The SMILES string of the molecule is O=C(O)c1ccccc1C(=O)CCCOc1ccccc1. The number of Topliss-reactive ketones (excluding diaryl/α,β-unsaturated/α-hetero) is 1. The molecule has 0 saturated carbocycles. The maximum Gasteiger partial charge on any atom is 0.336 e. The Hall–Kier alpha value is -2.62. The summed E-state index contributed by atoms with van der Waals surface area (Å²) in [6, 6.07) is 15.6. The van der Waals surface area contributed by atoms with E-state index in [2.05, 4.69) is 0 Å². The zero-order chi connectivity index (χ0) is 15.1. The van der Waals surface area contributed by atoms with E-state index in [0.717, 1.165) is 5.75 Å². The zero-order valence-corrected chi connectivity index (χ0v) is 11.5. The predicted octanol–water partition coefficient (Wildman–Crippen LogP) is 3.43. The van der Waals surface area contributed by atoms with Gasteiger partial charge >= 0.3 is 5.97 Å². The lowest BCUT2D eigenvalue weighted by Gasteiger charge is -2.07. The lowest BCUT2D eigenvalue weighted by Crippen LogP contribution is -2.09. The molecule has 0 aliphatic heterocycles. The summed E-state index contributed by atoms with van der Waals surface area (Å²) in [5.41, 5.74) is 0.302. The maximum absolute atomic E-state index is 12.1. The van der Waals surface area contributed by atoms with E-state index in [4.69, 9.17) is 9.84 Å². The van der Waals surface area contributed by atoms with Gasteiger partial charge in [-0.05, 0) is 24.6 Å². The van der Waals surface area contributed by atoms with E-state index in [1.807, 2.05) is 30.3 Å². The molecule has 0 spiro atoms. The van der Waals surface area contributed by atoms with Crippen molar-refractivity contribution in [2.45, 2.75) is 12.8 Å². The van der Waals surface area contributed by atoms with Crippen LogP contribution in [-0.2, 0) is 0 Å². The summed E-state index contributed by atoms with van der Waals surface area (Å²) in [6.07, 6.45) is 0.804. The molecule has 0 heterocycles. The van der Waals surface area contributed by atoms with Crippen LogP contribution >= 0.6 is 0 Å². The monoisotopic (exact) mass is 284 g/mol. The van der Waals surface area contributed by atoms with E-state index in [-0.39, 0.29) is 23.3 Å². The van der Waals surface area contributed by atoms with Gasteiger partial charge in [0.15, 0.2) is 5.78 Å². The molecule has 1 N–H and O–H groups in total. The van der Waals surface area contributed by atoms with Crippen molar-refractivity contribution < 1.29 is 19.4 Å². The predicted molar refractivity (Wildman–Crippen MR) is 78.9 cm³/mol. The molecule has 0 aliphatic rings. The van der Waals surface area contributed by atoms with Crippen molar-refractivity contribution in [3.8, 4) is 5.75 Å². The van der Waals surface area contributed by atoms with Crippen molar-refractivity contribution in [3.63, 3.8) is 0 Å². The quantitative estimate of drug-likeness (QED) is 0.625. The molecule has 0 fully saturated rings. The number of carboxylic acids is 1. The van der Waals surface area contributed by atoms with Crippen molar-refractivity contribution in [1.82, 2.24) is 0 Å². The first-order valence-electron chi connectivity index (χ1n) is 6.72. The standard InChI is InChI=1S/C17H16O4/c18-16(14-9-4-5-10-15(14)17(19)20)11-6-12-21-13-7-2-1-3-8-13/h1-5,7-10H,6,11-12H2,(H,19,20). The Morgan fingerprint density at radius 1 is 0.905 bits per heavy atom. The Morgan fingerprint density at radius 3 is 2.19 bits per heavy atom. The van der Waals surface area contributed by atoms with Crippen molar-refractivity contribution in [3.05, 3.63) is 65.7 Å². The van der Waals surface area contributed by atoms with Gasteiger partial charge in [0.25, 0.3) is 0 Å². The number of ether oxygens (including phenoxy) is 1. The van der Waals surface area contributed by atoms with E-state index in [0.29, 0.717) is 13.0 Å². The summed E-state index contributed by atoms with van der Waals surface area (Å²) in [4.78, 5) is 23.1. The Bertz CT molecular complexity index is 620. The summed E-state index contributed by atoms with van der Waals surface area (Å²) in [7, 11) is 0. The van der Waals surface area contributed by atoms with Crippen LogP contribution in [0.3, 0.4) is 0 Å². The smallest absolute Gasteiger partial charge is 0.336 e. The van der Waals surface area contributed by atoms with E-state index >= 15 is 0 Å². The number of ketones is 1. The van der Waals surface area contributed by atoms with Gasteiger partial charge < -0.3 is 9.84 Å². The third-order valence-corrected chi connectivity index (χ3v) is 3.02. The van der Waals surface area contributed by atoms with Gasteiger partial charge in [-0.2, -0.15) is 0 Å². The minimum atomic E-state index is -1.08. The highest BCUT2D eigenvalue weighted by atomic mass is 16.5. The molecule has 4 heteroatoms. The molecule has 21 heavy (non-hydrogen) atoms. The fourth-order valence-corrected chi connectivity index (χ4v) is 1.99. The van der Waals surface area contributed by atoms with Crippen LogP contribution in [0, 0.1) is 0 Å². The van der Waals surface area contributed by atoms with Gasteiger partial charge in [0, 0.05) is 12.0 Å². The summed E-state index contributed by atoms with van der Waals surface area (Å²) in [5.74, 6) is -0.500. The third-order valence-electron chi connectivity index (χ3n) is 3.02. The minimum Gasteiger partial charge on any atom is -0.494 e. The number of aromatic carboxylic acids is 1. The molecule has 0 radical (unpaired) electrons. The maximum atomic E-state index is 12.1. The molecule has 0 aromatic heterocycles. The molecule has 108 valence electrons. The molecule has 0 saturated heterocycles. The van der Waals surface area contributed by atoms with E-state index in [9.17, 15) is 9.59 Å². The number of carboxylic acid groups (broad SMARTS) is 1. The zero-order valence-electron chi connectivity index (χ0n) is 11.5.